The minimum absolute atomic E-state index is 0.185. The summed E-state index contributed by atoms with van der Waals surface area (Å²) in [6.07, 6.45) is 2.97. The van der Waals surface area contributed by atoms with E-state index in [0.717, 1.165) is 30.2 Å². The van der Waals surface area contributed by atoms with Crippen LogP contribution in [-0.4, -0.2) is 70.4 Å². The number of H-pyrrole nitrogens is 1. The van der Waals surface area contributed by atoms with Gasteiger partial charge in [0.2, 0.25) is 0 Å². The third-order valence-corrected chi connectivity index (χ3v) is 4.76. The number of nitrogens with zero attached hydrogens (tertiary/aromatic N) is 5. The predicted octanol–water partition coefficient (Wildman–Crippen LogP) is -0.362. The zero-order valence-corrected chi connectivity index (χ0v) is 14.3. The number of aromatic nitrogens is 4. The number of carbonyl (C=O) groups excluding carboxylic acids is 1. The number of anilines is 1. The summed E-state index contributed by atoms with van der Waals surface area (Å²) in [5.41, 5.74) is 2.02. The molecule has 26 heavy (non-hydrogen) atoms. The quantitative estimate of drug-likeness (QED) is 0.783. The predicted molar refractivity (Wildman–Crippen MR) is 93.2 cm³/mol. The van der Waals surface area contributed by atoms with Gasteiger partial charge in [-0.25, -0.2) is 15.1 Å². The molecule has 4 heterocycles. The van der Waals surface area contributed by atoms with E-state index in [0.29, 0.717) is 39.1 Å². The van der Waals surface area contributed by atoms with E-state index in [1.54, 1.807) is 11.2 Å². The van der Waals surface area contributed by atoms with Gasteiger partial charge in [0.1, 0.15) is 17.8 Å². The van der Waals surface area contributed by atoms with E-state index in [2.05, 4.69) is 25.1 Å². The smallest absolute Gasteiger partial charge is 0.274 e. The fourth-order valence-corrected chi connectivity index (χ4v) is 3.39. The second-order valence-corrected chi connectivity index (χ2v) is 6.32. The van der Waals surface area contributed by atoms with Gasteiger partial charge >= 0.3 is 0 Å². The number of morpholine rings is 1. The van der Waals surface area contributed by atoms with Gasteiger partial charge in [0.15, 0.2) is 0 Å². The van der Waals surface area contributed by atoms with Crippen LogP contribution in [0.1, 0.15) is 21.7 Å². The largest absolute Gasteiger partial charge is 0.378 e. The van der Waals surface area contributed by atoms with E-state index in [4.69, 9.17) is 4.74 Å². The lowest BCUT2D eigenvalue weighted by atomic mass is 10.1. The van der Waals surface area contributed by atoms with E-state index in [1.165, 1.54) is 12.1 Å². The fourth-order valence-electron chi connectivity index (χ4n) is 3.39. The minimum Gasteiger partial charge on any atom is -0.378 e. The standard InChI is InChI=1S/C17H20N6O3/c24-15-2-1-14(20-21-15)17(25)23-5-3-12-13(4-6-23)18-11-19-16(12)22-7-9-26-10-8-22/h1-2,11H,3-10H2,(H,21,24). The zero-order chi connectivity index (χ0) is 17.9. The Morgan fingerprint density at radius 1 is 1.08 bits per heavy atom. The molecule has 0 bridgehead atoms. The van der Waals surface area contributed by atoms with Crippen LogP contribution in [0.2, 0.25) is 0 Å². The molecule has 0 saturated carbocycles. The van der Waals surface area contributed by atoms with Gasteiger partial charge < -0.3 is 14.5 Å². The normalized spacial score (nSPS) is 17.5. The Hall–Kier alpha value is -2.81. The molecule has 1 N–H and O–H groups in total. The first-order valence-corrected chi connectivity index (χ1v) is 8.73. The lowest BCUT2D eigenvalue weighted by Gasteiger charge is -2.29. The van der Waals surface area contributed by atoms with Gasteiger partial charge in [-0.05, 0) is 12.5 Å². The second kappa shape index (κ2) is 7.20. The summed E-state index contributed by atoms with van der Waals surface area (Å²) in [7, 11) is 0. The number of ether oxygens (including phenoxy) is 1. The Bertz CT molecular complexity index is 841. The van der Waals surface area contributed by atoms with Crippen molar-refractivity contribution in [3.8, 4) is 0 Å². The zero-order valence-electron chi connectivity index (χ0n) is 14.3. The molecular formula is C17H20N6O3. The first kappa shape index (κ1) is 16.6. The van der Waals surface area contributed by atoms with Crippen molar-refractivity contribution in [1.29, 1.82) is 0 Å². The summed E-state index contributed by atoms with van der Waals surface area (Å²) in [5, 5.41) is 6.16. The molecule has 1 amide bonds. The van der Waals surface area contributed by atoms with Crippen LogP contribution in [-0.2, 0) is 17.6 Å². The number of hydrogen-bond donors (Lipinski definition) is 1. The van der Waals surface area contributed by atoms with Crippen LogP contribution in [0.3, 0.4) is 0 Å². The van der Waals surface area contributed by atoms with E-state index < -0.39 is 0 Å². The van der Waals surface area contributed by atoms with Crippen LogP contribution in [0.15, 0.2) is 23.3 Å². The Balaban J connectivity index is 1.54. The monoisotopic (exact) mass is 356 g/mol. The highest BCUT2D eigenvalue weighted by atomic mass is 16.5. The molecule has 0 spiro atoms. The summed E-state index contributed by atoms with van der Waals surface area (Å²) in [6.45, 7) is 4.15. The number of aromatic amines is 1. The van der Waals surface area contributed by atoms with Crippen molar-refractivity contribution in [1.82, 2.24) is 25.1 Å². The molecule has 2 aromatic heterocycles. The maximum Gasteiger partial charge on any atom is 0.274 e. The molecule has 1 fully saturated rings. The Morgan fingerprint density at radius 3 is 2.65 bits per heavy atom. The molecule has 4 rings (SSSR count). The molecular weight excluding hydrogens is 336 g/mol. The minimum atomic E-state index is -0.324. The van der Waals surface area contributed by atoms with Crippen LogP contribution in [0.5, 0.6) is 0 Å². The van der Waals surface area contributed by atoms with Crippen LogP contribution >= 0.6 is 0 Å². The topological polar surface area (TPSA) is 104 Å². The number of rotatable bonds is 2. The lowest BCUT2D eigenvalue weighted by molar-refractivity contribution is 0.0755. The van der Waals surface area contributed by atoms with Gasteiger partial charge in [-0.3, -0.25) is 9.59 Å². The number of nitrogens with one attached hydrogen (secondary N) is 1. The second-order valence-electron chi connectivity index (χ2n) is 6.32. The summed E-state index contributed by atoms with van der Waals surface area (Å²) in [5.74, 6) is 0.768. The van der Waals surface area contributed by atoms with E-state index in [-0.39, 0.29) is 17.2 Å². The Labute approximate surface area is 150 Å². The van der Waals surface area contributed by atoms with Crippen molar-refractivity contribution >= 4 is 11.7 Å². The Kier molecular flexibility index (Phi) is 4.61. The number of hydrogen-bond acceptors (Lipinski definition) is 7. The van der Waals surface area contributed by atoms with Crippen LogP contribution in [0.25, 0.3) is 0 Å². The number of amides is 1. The SMILES string of the molecule is O=C(c1ccc(=O)[nH]n1)N1CCc2ncnc(N3CCOCC3)c2CC1. The van der Waals surface area contributed by atoms with E-state index >= 15 is 0 Å². The van der Waals surface area contributed by atoms with Crippen molar-refractivity contribution < 1.29 is 9.53 Å². The molecule has 0 aliphatic carbocycles. The highest BCUT2D eigenvalue weighted by Crippen LogP contribution is 2.24. The molecule has 2 aromatic rings. The highest BCUT2D eigenvalue weighted by molar-refractivity contribution is 5.92. The van der Waals surface area contributed by atoms with Crippen molar-refractivity contribution in [3.05, 3.63) is 45.8 Å². The van der Waals surface area contributed by atoms with Gasteiger partial charge in [-0.1, -0.05) is 0 Å². The van der Waals surface area contributed by atoms with Crippen LogP contribution in [0, 0.1) is 0 Å². The maximum atomic E-state index is 12.7. The molecule has 9 heteroatoms. The van der Waals surface area contributed by atoms with Gasteiger partial charge in [0.25, 0.3) is 11.5 Å². The molecule has 0 unspecified atom stereocenters. The van der Waals surface area contributed by atoms with Crippen LogP contribution < -0.4 is 10.5 Å². The van der Waals surface area contributed by atoms with Gasteiger partial charge in [0, 0.05) is 44.2 Å². The summed E-state index contributed by atoms with van der Waals surface area (Å²) >= 11 is 0. The third kappa shape index (κ3) is 3.30. The molecule has 0 radical (unpaired) electrons. The van der Waals surface area contributed by atoms with E-state index in [9.17, 15) is 9.59 Å². The van der Waals surface area contributed by atoms with Crippen molar-refractivity contribution in [2.45, 2.75) is 12.8 Å². The first-order valence-electron chi connectivity index (χ1n) is 8.73. The van der Waals surface area contributed by atoms with Gasteiger partial charge in [0.05, 0.1) is 18.9 Å². The molecule has 9 nitrogen and oxygen atoms in total. The number of carbonyl (C=O) groups is 1. The molecule has 136 valence electrons. The molecule has 0 atom stereocenters. The maximum absolute atomic E-state index is 12.7. The summed E-state index contributed by atoms with van der Waals surface area (Å²) in [4.78, 5) is 36.7. The highest BCUT2D eigenvalue weighted by Gasteiger charge is 2.25. The number of fused-ring (bicyclic) bond motifs is 1. The molecule has 0 aromatic carbocycles. The fraction of sp³-hybridized carbons (Fsp3) is 0.471. The Morgan fingerprint density at radius 2 is 1.88 bits per heavy atom. The first-order chi connectivity index (χ1) is 12.7. The average molecular weight is 356 g/mol. The summed E-state index contributed by atoms with van der Waals surface area (Å²) < 4.78 is 5.43. The molecule has 1 saturated heterocycles. The molecule has 2 aliphatic heterocycles. The van der Waals surface area contributed by atoms with Gasteiger partial charge in [-0.15, -0.1) is 0 Å². The third-order valence-electron chi connectivity index (χ3n) is 4.76. The lowest BCUT2D eigenvalue weighted by Crippen LogP contribution is -2.37. The average Bonchev–Trinajstić information content (AvgIpc) is 2.91. The van der Waals surface area contributed by atoms with Crippen molar-refractivity contribution in [2.75, 3.05) is 44.3 Å². The van der Waals surface area contributed by atoms with Crippen molar-refractivity contribution in [3.63, 3.8) is 0 Å². The van der Waals surface area contributed by atoms with Crippen molar-refractivity contribution in [2.24, 2.45) is 0 Å². The summed E-state index contributed by atoms with van der Waals surface area (Å²) in [6, 6.07) is 2.77. The molecule has 2 aliphatic rings. The van der Waals surface area contributed by atoms with Crippen LogP contribution in [0.4, 0.5) is 5.82 Å². The van der Waals surface area contributed by atoms with Gasteiger partial charge in [-0.2, -0.15) is 5.10 Å². The van der Waals surface area contributed by atoms with E-state index in [1.807, 2.05) is 0 Å².